The molecule has 4 aromatic rings. The molecule has 11 heteroatoms. The Kier molecular flexibility index (Phi) is 6.73. The number of thioether (sulfide) groups is 1. The molecule has 31 heavy (non-hydrogen) atoms. The number of carbonyl (C=O) groups excluding carboxylic acids is 1. The first-order chi connectivity index (χ1) is 15.2. The van der Waals surface area contributed by atoms with Crippen molar-refractivity contribution in [1.29, 1.82) is 0 Å². The van der Waals surface area contributed by atoms with Gasteiger partial charge >= 0.3 is 0 Å². The number of hydrogen-bond donors (Lipinski definition) is 0. The van der Waals surface area contributed by atoms with Gasteiger partial charge in [-0.15, -0.1) is 31.7 Å². The predicted octanol–water partition coefficient (Wildman–Crippen LogP) is 3.52. The molecule has 0 bridgehead atoms. The first-order valence-electron chi connectivity index (χ1n) is 9.72. The van der Waals surface area contributed by atoms with Gasteiger partial charge in [-0.3, -0.25) is 9.78 Å². The van der Waals surface area contributed by atoms with Crippen molar-refractivity contribution in [2.75, 3.05) is 12.3 Å². The van der Waals surface area contributed by atoms with Crippen molar-refractivity contribution in [2.24, 2.45) is 7.05 Å². The van der Waals surface area contributed by atoms with Crippen molar-refractivity contribution in [3.05, 3.63) is 47.9 Å². The molecular formula is C20H21N7O2S2. The van der Waals surface area contributed by atoms with Crippen molar-refractivity contribution in [2.45, 2.75) is 25.0 Å². The fourth-order valence-corrected chi connectivity index (χ4v) is 4.41. The number of carbonyl (C=O) groups is 1. The van der Waals surface area contributed by atoms with E-state index in [9.17, 15) is 4.79 Å². The summed E-state index contributed by atoms with van der Waals surface area (Å²) in [5, 5.41) is 19.3. The average Bonchev–Trinajstić information content (AvgIpc) is 3.54. The molecule has 0 spiro atoms. The van der Waals surface area contributed by atoms with Crippen LogP contribution in [0.25, 0.3) is 22.2 Å². The standard InChI is InChI=1S/C20H21N7O2S2/c1-3-9-27(12-16-22-24-19(29-16)15-7-5-10-30-15)17(28)13-31-20-25-23-18(26(20)2)14-6-4-8-21-11-14/h4-8,10-11H,3,9,12-13H2,1-2H3. The highest BCUT2D eigenvalue weighted by Gasteiger charge is 2.19. The molecule has 0 radical (unpaired) electrons. The Morgan fingerprint density at radius 3 is 2.87 bits per heavy atom. The Labute approximate surface area is 187 Å². The van der Waals surface area contributed by atoms with Crippen LogP contribution in [0.4, 0.5) is 0 Å². The molecule has 9 nitrogen and oxygen atoms in total. The lowest BCUT2D eigenvalue weighted by molar-refractivity contribution is -0.129. The fraction of sp³-hybridized carbons (Fsp3) is 0.300. The number of pyridine rings is 1. The molecule has 0 saturated carbocycles. The zero-order valence-corrected chi connectivity index (χ0v) is 18.8. The molecule has 4 aromatic heterocycles. The van der Waals surface area contributed by atoms with Gasteiger partial charge in [0, 0.05) is 31.5 Å². The van der Waals surface area contributed by atoms with Crippen LogP contribution in [0.5, 0.6) is 0 Å². The Balaban J connectivity index is 1.40. The van der Waals surface area contributed by atoms with E-state index in [1.54, 1.807) is 17.3 Å². The highest BCUT2D eigenvalue weighted by Crippen LogP contribution is 2.24. The van der Waals surface area contributed by atoms with Crippen LogP contribution in [-0.4, -0.2) is 53.1 Å². The molecule has 0 aromatic carbocycles. The third kappa shape index (κ3) is 5.00. The minimum atomic E-state index is -0.0198. The monoisotopic (exact) mass is 455 g/mol. The first kappa shape index (κ1) is 21.2. The summed E-state index contributed by atoms with van der Waals surface area (Å²) in [6.45, 7) is 2.92. The summed E-state index contributed by atoms with van der Waals surface area (Å²) >= 11 is 2.88. The van der Waals surface area contributed by atoms with Gasteiger partial charge in [0.15, 0.2) is 11.0 Å². The zero-order chi connectivity index (χ0) is 21.6. The molecule has 0 N–H and O–H groups in total. The van der Waals surface area contributed by atoms with E-state index in [0.717, 1.165) is 16.9 Å². The van der Waals surface area contributed by atoms with Gasteiger partial charge in [0.25, 0.3) is 5.89 Å². The predicted molar refractivity (Wildman–Crippen MR) is 118 cm³/mol. The average molecular weight is 456 g/mol. The molecule has 4 heterocycles. The van der Waals surface area contributed by atoms with Gasteiger partial charge in [-0.05, 0) is 30.0 Å². The molecular weight excluding hydrogens is 434 g/mol. The van der Waals surface area contributed by atoms with Gasteiger partial charge in [0.2, 0.25) is 11.8 Å². The summed E-state index contributed by atoms with van der Waals surface area (Å²) < 4.78 is 7.61. The lowest BCUT2D eigenvalue weighted by Gasteiger charge is -2.19. The molecule has 160 valence electrons. The summed E-state index contributed by atoms with van der Waals surface area (Å²) in [5.74, 6) is 1.83. The van der Waals surface area contributed by atoms with E-state index in [0.29, 0.717) is 29.3 Å². The number of hydrogen-bond acceptors (Lipinski definition) is 9. The highest BCUT2D eigenvalue weighted by molar-refractivity contribution is 7.99. The largest absolute Gasteiger partial charge is 0.418 e. The number of rotatable bonds is 9. The maximum atomic E-state index is 12.9. The highest BCUT2D eigenvalue weighted by atomic mass is 32.2. The number of amides is 1. The summed E-state index contributed by atoms with van der Waals surface area (Å²) in [5.41, 5.74) is 0.876. The van der Waals surface area contributed by atoms with Crippen LogP contribution < -0.4 is 0 Å². The van der Waals surface area contributed by atoms with Crippen LogP contribution in [-0.2, 0) is 18.4 Å². The van der Waals surface area contributed by atoms with E-state index < -0.39 is 0 Å². The summed E-state index contributed by atoms with van der Waals surface area (Å²) in [6, 6.07) is 7.63. The second kappa shape index (κ2) is 9.84. The molecule has 0 aliphatic rings. The fourth-order valence-electron chi connectivity index (χ4n) is 2.95. The number of thiophene rings is 1. The SMILES string of the molecule is CCCN(Cc1nnc(-c2cccs2)o1)C(=O)CSc1nnc(-c2cccnc2)n1C. The molecule has 0 saturated heterocycles. The van der Waals surface area contributed by atoms with Gasteiger partial charge in [-0.25, -0.2) is 0 Å². The molecule has 4 rings (SSSR count). The van der Waals surface area contributed by atoms with Crippen LogP contribution in [0.3, 0.4) is 0 Å². The van der Waals surface area contributed by atoms with E-state index in [1.165, 1.54) is 23.1 Å². The van der Waals surface area contributed by atoms with Crippen molar-refractivity contribution in [1.82, 2.24) is 34.8 Å². The molecule has 0 aliphatic carbocycles. The molecule has 0 aliphatic heterocycles. The van der Waals surface area contributed by atoms with E-state index in [-0.39, 0.29) is 18.2 Å². The van der Waals surface area contributed by atoms with Gasteiger partial charge in [0.05, 0.1) is 17.2 Å². The molecule has 0 unspecified atom stereocenters. The summed E-state index contributed by atoms with van der Waals surface area (Å²) in [7, 11) is 1.88. The molecule has 0 fully saturated rings. The zero-order valence-electron chi connectivity index (χ0n) is 17.1. The Hall–Kier alpha value is -3.05. The second-order valence-electron chi connectivity index (χ2n) is 6.69. The van der Waals surface area contributed by atoms with E-state index in [2.05, 4.69) is 25.4 Å². The van der Waals surface area contributed by atoms with Crippen molar-refractivity contribution >= 4 is 29.0 Å². The van der Waals surface area contributed by atoms with Crippen LogP contribution in [0.2, 0.25) is 0 Å². The number of aromatic nitrogens is 6. The van der Waals surface area contributed by atoms with Crippen LogP contribution in [0.15, 0.2) is 51.6 Å². The van der Waals surface area contributed by atoms with Gasteiger partial charge < -0.3 is 13.9 Å². The lowest BCUT2D eigenvalue weighted by Crippen LogP contribution is -2.32. The maximum absolute atomic E-state index is 12.9. The van der Waals surface area contributed by atoms with Crippen molar-refractivity contribution in [3.8, 4) is 22.2 Å². The smallest absolute Gasteiger partial charge is 0.257 e. The minimum Gasteiger partial charge on any atom is -0.418 e. The Morgan fingerprint density at radius 2 is 2.13 bits per heavy atom. The quantitative estimate of drug-likeness (QED) is 0.353. The van der Waals surface area contributed by atoms with Gasteiger partial charge in [0.1, 0.15) is 0 Å². The topological polar surface area (TPSA) is 103 Å². The van der Waals surface area contributed by atoms with E-state index >= 15 is 0 Å². The van der Waals surface area contributed by atoms with Gasteiger partial charge in [-0.1, -0.05) is 24.8 Å². The lowest BCUT2D eigenvalue weighted by atomic mass is 10.3. The van der Waals surface area contributed by atoms with Crippen LogP contribution >= 0.6 is 23.1 Å². The third-order valence-electron chi connectivity index (χ3n) is 4.45. The van der Waals surface area contributed by atoms with E-state index in [1.807, 2.05) is 48.2 Å². The molecule has 1 amide bonds. The maximum Gasteiger partial charge on any atom is 0.257 e. The normalized spacial score (nSPS) is 11.0. The minimum absolute atomic E-state index is 0.0198. The summed E-state index contributed by atoms with van der Waals surface area (Å²) in [4.78, 5) is 19.6. The van der Waals surface area contributed by atoms with Crippen LogP contribution in [0.1, 0.15) is 19.2 Å². The molecule has 0 atom stereocenters. The second-order valence-corrected chi connectivity index (χ2v) is 8.58. The third-order valence-corrected chi connectivity index (χ3v) is 6.31. The van der Waals surface area contributed by atoms with Gasteiger partial charge in [-0.2, -0.15) is 0 Å². The van der Waals surface area contributed by atoms with Crippen molar-refractivity contribution < 1.29 is 9.21 Å². The number of nitrogens with zero attached hydrogens (tertiary/aromatic N) is 7. The Bertz CT molecular complexity index is 1130. The first-order valence-corrected chi connectivity index (χ1v) is 11.6. The Morgan fingerprint density at radius 1 is 1.23 bits per heavy atom. The van der Waals surface area contributed by atoms with E-state index in [4.69, 9.17) is 4.42 Å². The summed E-state index contributed by atoms with van der Waals surface area (Å²) in [6.07, 6.45) is 4.28. The van der Waals surface area contributed by atoms with Crippen molar-refractivity contribution in [3.63, 3.8) is 0 Å². The van der Waals surface area contributed by atoms with Crippen LogP contribution in [0, 0.1) is 0 Å².